The average Bonchev–Trinajstić information content (AvgIpc) is 2.63. The number of aromatic nitrogens is 1. The van der Waals surface area contributed by atoms with Gasteiger partial charge in [-0.1, -0.05) is 12.1 Å². The lowest BCUT2D eigenvalue weighted by molar-refractivity contribution is 0.0664. The van der Waals surface area contributed by atoms with Crippen molar-refractivity contribution in [1.29, 1.82) is 0 Å². The van der Waals surface area contributed by atoms with Gasteiger partial charge in [-0.25, -0.2) is 0 Å². The zero-order chi connectivity index (χ0) is 18.1. The van der Waals surface area contributed by atoms with Crippen LogP contribution in [0.3, 0.4) is 0 Å². The molecule has 2 aromatic rings. The van der Waals surface area contributed by atoms with Crippen molar-refractivity contribution < 1.29 is 4.79 Å². The monoisotopic (exact) mass is 339 g/mol. The summed E-state index contributed by atoms with van der Waals surface area (Å²) >= 11 is 0. The Labute approximate surface area is 148 Å². The highest BCUT2D eigenvalue weighted by Crippen LogP contribution is 2.23. The second-order valence-electron chi connectivity index (χ2n) is 6.86. The Hall–Kier alpha value is -2.40. The van der Waals surface area contributed by atoms with Crippen LogP contribution in [0.15, 0.2) is 35.1 Å². The second-order valence-corrected chi connectivity index (χ2v) is 6.86. The molecule has 1 fully saturated rings. The third kappa shape index (κ3) is 3.37. The molecule has 0 saturated carbocycles. The molecule has 0 radical (unpaired) electrons. The molecule has 132 valence electrons. The molecule has 5 nitrogen and oxygen atoms in total. The molecular weight excluding hydrogens is 314 g/mol. The minimum absolute atomic E-state index is 0.0307. The zero-order valence-electron chi connectivity index (χ0n) is 15.4. The van der Waals surface area contributed by atoms with E-state index in [1.165, 1.54) is 0 Å². The van der Waals surface area contributed by atoms with E-state index in [0.29, 0.717) is 5.56 Å². The number of pyridine rings is 1. The van der Waals surface area contributed by atoms with Crippen LogP contribution in [0.1, 0.15) is 21.6 Å². The summed E-state index contributed by atoms with van der Waals surface area (Å²) in [4.78, 5) is 28.8. The summed E-state index contributed by atoms with van der Waals surface area (Å²) in [5.41, 5.74) is 4.44. The molecule has 1 aliphatic heterocycles. The topological polar surface area (TPSA) is 45.6 Å². The Morgan fingerprint density at radius 2 is 1.56 bits per heavy atom. The van der Waals surface area contributed by atoms with Crippen molar-refractivity contribution in [3.63, 3.8) is 0 Å². The van der Waals surface area contributed by atoms with Gasteiger partial charge in [-0.2, -0.15) is 0 Å². The van der Waals surface area contributed by atoms with Crippen LogP contribution in [0.2, 0.25) is 0 Å². The van der Waals surface area contributed by atoms with Crippen molar-refractivity contribution in [3.05, 3.63) is 57.5 Å². The van der Waals surface area contributed by atoms with E-state index in [4.69, 9.17) is 0 Å². The highest BCUT2D eigenvalue weighted by Gasteiger charge is 2.20. The first-order chi connectivity index (χ1) is 11.9. The van der Waals surface area contributed by atoms with Gasteiger partial charge in [0.15, 0.2) is 0 Å². The lowest BCUT2D eigenvalue weighted by Crippen LogP contribution is -2.47. The number of hydrogen-bond donors (Lipinski definition) is 0. The Bertz CT molecular complexity index is 844. The number of piperazine rings is 1. The van der Waals surface area contributed by atoms with E-state index in [0.717, 1.165) is 48.6 Å². The van der Waals surface area contributed by atoms with E-state index in [2.05, 4.69) is 11.9 Å². The summed E-state index contributed by atoms with van der Waals surface area (Å²) in [6.07, 6.45) is 0. The van der Waals surface area contributed by atoms with Gasteiger partial charge in [0, 0.05) is 55.6 Å². The standard InChI is InChI=1S/C20H25N3O2/c1-14-13-18(15(2)22(4)19(14)24)16-5-7-17(8-6-16)20(25)23-11-9-21(3)10-12-23/h5-8,13H,9-12H2,1-4H3. The normalized spacial score (nSPS) is 15.4. The van der Waals surface area contributed by atoms with Gasteiger partial charge in [0.05, 0.1) is 0 Å². The minimum atomic E-state index is 0.0307. The van der Waals surface area contributed by atoms with Gasteiger partial charge >= 0.3 is 0 Å². The summed E-state index contributed by atoms with van der Waals surface area (Å²) in [5, 5.41) is 0. The van der Waals surface area contributed by atoms with Crippen LogP contribution >= 0.6 is 0 Å². The first kappa shape index (κ1) is 17.4. The van der Waals surface area contributed by atoms with Gasteiger partial charge in [0.1, 0.15) is 0 Å². The Morgan fingerprint density at radius 1 is 0.960 bits per heavy atom. The fourth-order valence-electron chi connectivity index (χ4n) is 3.26. The van der Waals surface area contributed by atoms with Gasteiger partial charge < -0.3 is 14.4 Å². The molecule has 3 rings (SSSR count). The van der Waals surface area contributed by atoms with Crippen molar-refractivity contribution in [2.45, 2.75) is 13.8 Å². The van der Waals surface area contributed by atoms with Crippen LogP contribution in [0.4, 0.5) is 0 Å². The summed E-state index contributed by atoms with van der Waals surface area (Å²) in [6, 6.07) is 9.63. The molecule has 1 aromatic carbocycles. The number of nitrogens with zero attached hydrogens (tertiary/aromatic N) is 3. The van der Waals surface area contributed by atoms with Crippen molar-refractivity contribution in [1.82, 2.24) is 14.4 Å². The predicted octanol–water partition coefficient (Wildman–Crippen LogP) is 2.06. The van der Waals surface area contributed by atoms with Crippen LogP contribution in [-0.4, -0.2) is 53.5 Å². The van der Waals surface area contributed by atoms with Crippen molar-refractivity contribution in [2.75, 3.05) is 33.2 Å². The van der Waals surface area contributed by atoms with Gasteiger partial charge in [-0.3, -0.25) is 9.59 Å². The molecule has 0 atom stereocenters. The fraction of sp³-hybridized carbons (Fsp3) is 0.400. The maximum absolute atomic E-state index is 12.6. The molecule has 2 heterocycles. The molecule has 1 aliphatic rings. The highest BCUT2D eigenvalue weighted by atomic mass is 16.2. The maximum Gasteiger partial charge on any atom is 0.253 e. The van der Waals surface area contributed by atoms with Crippen LogP contribution < -0.4 is 5.56 Å². The maximum atomic E-state index is 12.6. The van der Waals surface area contributed by atoms with E-state index in [1.54, 1.807) is 11.6 Å². The molecule has 25 heavy (non-hydrogen) atoms. The summed E-state index contributed by atoms with van der Waals surface area (Å²) in [5.74, 6) is 0.0908. The number of aryl methyl sites for hydroxylation is 1. The summed E-state index contributed by atoms with van der Waals surface area (Å²) in [7, 11) is 3.87. The van der Waals surface area contributed by atoms with Crippen LogP contribution in [0.25, 0.3) is 11.1 Å². The molecule has 1 saturated heterocycles. The number of hydrogen-bond acceptors (Lipinski definition) is 3. The zero-order valence-corrected chi connectivity index (χ0v) is 15.4. The molecular formula is C20H25N3O2. The van der Waals surface area contributed by atoms with Crippen LogP contribution in [0.5, 0.6) is 0 Å². The molecule has 1 amide bonds. The quantitative estimate of drug-likeness (QED) is 0.841. The van der Waals surface area contributed by atoms with Crippen LogP contribution in [-0.2, 0) is 7.05 Å². The van der Waals surface area contributed by atoms with Gasteiger partial charge in [0.2, 0.25) is 0 Å². The first-order valence-corrected chi connectivity index (χ1v) is 8.64. The highest BCUT2D eigenvalue weighted by molar-refractivity contribution is 5.94. The van der Waals surface area contributed by atoms with Crippen molar-refractivity contribution in [3.8, 4) is 11.1 Å². The number of benzene rings is 1. The molecule has 0 aliphatic carbocycles. The molecule has 0 unspecified atom stereocenters. The smallest absolute Gasteiger partial charge is 0.253 e. The predicted molar refractivity (Wildman–Crippen MR) is 100.0 cm³/mol. The third-order valence-electron chi connectivity index (χ3n) is 5.13. The third-order valence-corrected chi connectivity index (χ3v) is 5.13. The summed E-state index contributed by atoms with van der Waals surface area (Å²) in [6.45, 7) is 7.16. The largest absolute Gasteiger partial charge is 0.336 e. The van der Waals surface area contributed by atoms with Gasteiger partial charge in [0.25, 0.3) is 11.5 Å². The lowest BCUT2D eigenvalue weighted by Gasteiger charge is -2.32. The molecule has 1 aromatic heterocycles. The molecule has 0 spiro atoms. The number of rotatable bonds is 2. The summed E-state index contributed by atoms with van der Waals surface area (Å²) < 4.78 is 1.67. The Kier molecular flexibility index (Phi) is 4.77. The number of likely N-dealkylation sites (N-methyl/N-ethyl adjacent to an activating group) is 1. The van der Waals surface area contributed by atoms with Crippen molar-refractivity contribution >= 4 is 5.91 Å². The second kappa shape index (κ2) is 6.84. The van der Waals surface area contributed by atoms with E-state index in [9.17, 15) is 9.59 Å². The Morgan fingerprint density at radius 3 is 2.16 bits per heavy atom. The van der Waals surface area contributed by atoms with Crippen molar-refractivity contribution in [2.24, 2.45) is 7.05 Å². The van der Waals surface area contributed by atoms with E-state index >= 15 is 0 Å². The molecule has 0 bridgehead atoms. The molecule has 0 N–H and O–H groups in total. The average molecular weight is 339 g/mol. The number of carbonyl (C=O) groups is 1. The van der Waals surface area contributed by atoms with E-state index in [-0.39, 0.29) is 11.5 Å². The minimum Gasteiger partial charge on any atom is -0.336 e. The number of amides is 1. The first-order valence-electron chi connectivity index (χ1n) is 8.64. The number of carbonyl (C=O) groups excluding carboxylic acids is 1. The van der Waals surface area contributed by atoms with E-state index in [1.807, 2.05) is 49.1 Å². The van der Waals surface area contributed by atoms with Gasteiger partial charge in [-0.15, -0.1) is 0 Å². The van der Waals surface area contributed by atoms with E-state index < -0.39 is 0 Å². The fourth-order valence-corrected chi connectivity index (χ4v) is 3.26. The SMILES string of the molecule is Cc1cc(-c2ccc(C(=O)N3CCN(C)CC3)cc2)c(C)n(C)c1=O. The molecule has 5 heteroatoms. The van der Waals surface area contributed by atoms with Crippen LogP contribution in [0, 0.1) is 13.8 Å². The lowest BCUT2D eigenvalue weighted by atomic mass is 10.0. The van der Waals surface area contributed by atoms with Gasteiger partial charge in [-0.05, 0) is 44.7 Å². The Balaban J connectivity index is 1.86.